The van der Waals surface area contributed by atoms with Gasteiger partial charge in [0.1, 0.15) is 0 Å². The number of fused-ring (bicyclic) bond motifs is 2. The Kier molecular flexibility index (Phi) is 6.64. The van der Waals surface area contributed by atoms with Crippen LogP contribution in [0.15, 0.2) is 53.3 Å². The van der Waals surface area contributed by atoms with Crippen LogP contribution in [0.25, 0.3) is 10.9 Å². The van der Waals surface area contributed by atoms with E-state index in [0.29, 0.717) is 34.8 Å². The topological polar surface area (TPSA) is 96.1 Å². The molecular formula is C25H28N4O5. The summed E-state index contributed by atoms with van der Waals surface area (Å²) in [4.78, 5) is 33.0. The first-order chi connectivity index (χ1) is 16.7. The van der Waals surface area contributed by atoms with Gasteiger partial charge < -0.3 is 29.4 Å². The highest BCUT2D eigenvalue weighted by Crippen LogP contribution is 2.35. The number of para-hydroxylation sites is 1. The first-order valence-corrected chi connectivity index (χ1v) is 11.5. The zero-order valence-electron chi connectivity index (χ0n) is 18.9. The number of urea groups is 1. The van der Waals surface area contributed by atoms with Crippen LogP contribution in [0.5, 0.6) is 11.5 Å². The van der Waals surface area contributed by atoms with Gasteiger partial charge in [-0.05, 0) is 30.7 Å². The van der Waals surface area contributed by atoms with Gasteiger partial charge in [-0.15, -0.1) is 0 Å². The van der Waals surface area contributed by atoms with Crippen molar-refractivity contribution in [1.82, 2.24) is 14.8 Å². The lowest BCUT2D eigenvalue weighted by Crippen LogP contribution is -2.40. The standard InChI is InChI=1S/C25H28N4O5/c30-24-19(13-18-14-22-23(34-17-33-22)15-21(18)27-24)16-29(8-4-7-28-9-11-32-12-10-28)25(31)26-20-5-2-1-3-6-20/h1-3,5-6,13-15H,4,7-12,16-17H2,(H,26,31)(H,27,30). The van der Waals surface area contributed by atoms with Gasteiger partial charge in [0, 0.05) is 48.9 Å². The number of ether oxygens (including phenoxy) is 3. The van der Waals surface area contributed by atoms with Gasteiger partial charge in [0.05, 0.1) is 25.3 Å². The number of carbonyl (C=O) groups is 1. The molecule has 9 nitrogen and oxygen atoms in total. The van der Waals surface area contributed by atoms with Gasteiger partial charge in [-0.3, -0.25) is 9.69 Å². The summed E-state index contributed by atoms with van der Waals surface area (Å²) in [6.07, 6.45) is 0.798. The fraction of sp³-hybridized carbons (Fsp3) is 0.360. The molecule has 178 valence electrons. The van der Waals surface area contributed by atoms with Crippen molar-refractivity contribution in [3.05, 3.63) is 64.4 Å². The average Bonchev–Trinajstić information content (AvgIpc) is 3.31. The summed E-state index contributed by atoms with van der Waals surface area (Å²) in [5, 5.41) is 3.78. The van der Waals surface area contributed by atoms with E-state index >= 15 is 0 Å². The number of carbonyl (C=O) groups excluding carboxylic acids is 1. The molecule has 2 aromatic carbocycles. The number of aromatic amines is 1. The number of amides is 2. The molecule has 3 aromatic rings. The van der Waals surface area contributed by atoms with E-state index in [1.165, 1.54) is 0 Å². The highest BCUT2D eigenvalue weighted by molar-refractivity contribution is 5.89. The maximum atomic E-state index is 13.2. The molecule has 0 unspecified atom stereocenters. The zero-order valence-corrected chi connectivity index (χ0v) is 18.9. The van der Waals surface area contributed by atoms with Crippen LogP contribution in [0.2, 0.25) is 0 Å². The summed E-state index contributed by atoms with van der Waals surface area (Å²) in [6, 6.07) is 14.5. The van der Waals surface area contributed by atoms with E-state index in [-0.39, 0.29) is 24.9 Å². The number of rotatable bonds is 7. The molecule has 0 atom stereocenters. The maximum absolute atomic E-state index is 13.2. The summed E-state index contributed by atoms with van der Waals surface area (Å²) < 4.78 is 16.3. The predicted molar refractivity (Wildman–Crippen MR) is 128 cm³/mol. The highest BCUT2D eigenvalue weighted by Gasteiger charge is 2.19. The summed E-state index contributed by atoms with van der Waals surface area (Å²) in [6.45, 7) is 5.03. The molecule has 1 aromatic heterocycles. The van der Waals surface area contributed by atoms with E-state index in [0.717, 1.165) is 44.7 Å². The van der Waals surface area contributed by atoms with Crippen molar-refractivity contribution in [2.75, 3.05) is 51.5 Å². The number of anilines is 1. The summed E-state index contributed by atoms with van der Waals surface area (Å²) >= 11 is 0. The Morgan fingerprint density at radius 1 is 1.06 bits per heavy atom. The normalized spacial score (nSPS) is 15.4. The Morgan fingerprint density at radius 3 is 2.62 bits per heavy atom. The van der Waals surface area contributed by atoms with E-state index in [9.17, 15) is 9.59 Å². The lowest BCUT2D eigenvalue weighted by Gasteiger charge is -2.28. The van der Waals surface area contributed by atoms with Crippen molar-refractivity contribution in [3.8, 4) is 11.5 Å². The van der Waals surface area contributed by atoms with Gasteiger partial charge >= 0.3 is 6.03 Å². The first-order valence-electron chi connectivity index (χ1n) is 11.5. The van der Waals surface area contributed by atoms with Crippen molar-refractivity contribution in [3.63, 3.8) is 0 Å². The summed E-state index contributed by atoms with van der Waals surface area (Å²) in [7, 11) is 0. The van der Waals surface area contributed by atoms with Crippen LogP contribution in [-0.2, 0) is 11.3 Å². The van der Waals surface area contributed by atoms with Crippen LogP contribution < -0.4 is 20.3 Å². The van der Waals surface area contributed by atoms with Crippen LogP contribution in [0, 0.1) is 0 Å². The largest absolute Gasteiger partial charge is 0.454 e. The lowest BCUT2D eigenvalue weighted by molar-refractivity contribution is 0.0365. The predicted octanol–water partition coefficient (Wildman–Crippen LogP) is 3.01. The molecule has 2 aliphatic rings. The van der Waals surface area contributed by atoms with Gasteiger partial charge in [0.15, 0.2) is 11.5 Å². The number of hydrogen-bond acceptors (Lipinski definition) is 6. The molecule has 34 heavy (non-hydrogen) atoms. The monoisotopic (exact) mass is 464 g/mol. The van der Waals surface area contributed by atoms with E-state index in [1.54, 1.807) is 11.0 Å². The Hall–Kier alpha value is -3.56. The minimum Gasteiger partial charge on any atom is -0.454 e. The highest BCUT2D eigenvalue weighted by atomic mass is 16.7. The smallest absolute Gasteiger partial charge is 0.322 e. The third kappa shape index (κ3) is 5.16. The number of aromatic nitrogens is 1. The number of morpholine rings is 1. The van der Waals surface area contributed by atoms with E-state index < -0.39 is 0 Å². The van der Waals surface area contributed by atoms with Gasteiger partial charge in [-0.25, -0.2) is 4.79 Å². The number of H-pyrrole nitrogens is 1. The fourth-order valence-corrected chi connectivity index (χ4v) is 4.25. The molecule has 2 N–H and O–H groups in total. The molecule has 2 aliphatic heterocycles. The third-order valence-corrected chi connectivity index (χ3v) is 6.09. The van der Waals surface area contributed by atoms with Crippen LogP contribution in [0.3, 0.4) is 0 Å². The first kappa shape index (κ1) is 22.2. The van der Waals surface area contributed by atoms with Crippen molar-refractivity contribution in [2.24, 2.45) is 0 Å². The molecule has 0 bridgehead atoms. The summed E-state index contributed by atoms with van der Waals surface area (Å²) in [5.74, 6) is 1.26. The van der Waals surface area contributed by atoms with E-state index in [2.05, 4.69) is 15.2 Å². The second kappa shape index (κ2) is 10.1. The van der Waals surface area contributed by atoms with Gasteiger partial charge in [0.25, 0.3) is 5.56 Å². The van der Waals surface area contributed by atoms with E-state index in [4.69, 9.17) is 14.2 Å². The summed E-state index contributed by atoms with van der Waals surface area (Å²) in [5.41, 5.74) is 1.68. The van der Waals surface area contributed by atoms with Crippen LogP contribution in [0.1, 0.15) is 12.0 Å². The van der Waals surface area contributed by atoms with Crippen molar-refractivity contribution in [2.45, 2.75) is 13.0 Å². The molecule has 1 fully saturated rings. The van der Waals surface area contributed by atoms with Crippen molar-refractivity contribution in [1.29, 1.82) is 0 Å². The Bertz CT molecular complexity index is 1210. The molecule has 0 radical (unpaired) electrons. The Balaban J connectivity index is 1.34. The fourth-order valence-electron chi connectivity index (χ4n) is 4.25. The van der Waals surface area contributed by atoms with Crippen molar-refractivity contribution < 1.29 is 19.0 Å². The third-order valence-electron chi connectivity index (χ3n) is 6.09. The van der Waals surface area contributed by atoms with Crippen LogP contribution >= 0.6 is 0 Å². The number of pyridine rings is 1. The van der Waals surface area contributed by atoms with Crippen LogP contribution in [0.4, 0.5) is 10.5 Å². The zero-order chi connectivity index (χ0) is 23.3. The Morgan fingerprint density at radius 2 is 1.82 bits per heavy atom. The molecule has 0 aliphatic carbocycles. The second-order valence-corrected chi connectivity index (χ2v) is 8.44. The molecule has 0 spiro atoms. The van der Waals surface area contributed by atoms with E-state index in [1.807, 2.05) is 42.5 Å². The minimum absolute atomic E-state index is 0.166. The number of hydrogen-bond donors (Lipinski definition) is 2. The minimum atomic E-state index is -0.238. The van der Waals surface area contributed by atoms with Crippen molar-refractivity contribution >= 4 is 22.6 Å². The number of nitrogens with zero attached hydrogens (tertiary/aromatic N) is 2. The molecule has 2 amide bonds. The average molecular weight is 465 g/mol. The number of nitrogens with one attached hydrogen (secondary N) is 2. The van der Waals surface area contributed by atoms with Gasteiger partial charge in [-0.2, -0.15) is 0 Å². The molecule has 3 heterocycles. The lowest BCUT2D eigenvalue weighted by atomic mass is 10.1. The second-order valence-electron chi connectivity index (χ2n) is 8.44. The molecule has 9 heteroatoms. The molecule has 0 saturated carbocycles. The van der Waals surface area contributed by atoms with Gasteiger partial charge in [-0.1, -0.05) is 18.2 Å². The molecule has 1 saturated heterocycles. The number of benzene rings is 2. The van der Waals surface area contributed by atoms with Gasteiger partial charge in [0.2, 0.25) is 6.79 Å². The Labute approximate surface area is 197 Å². The maximum Gasteiger partial charge on any atom is 0.322 e. The molecule has 5 rings (SSSR count). The quantitative estimate of drug-likeness (QED) is 0.558. The van der Waals surface area contributed by atoms with Crippen LogP contribution in [-0.4, -0.2) is 67.0 Å². The SMILES string of the molecule is O=C(Nc1ccccc1)N(CCCN1CCOCC1)Cc1cc2cc3c(cc2[nH]c1=O)OCO3. The molecular weight excluding hydrogens is 436 g/mol.